The summed E-state index contributed by atoms with van der Waals surface area (Å²) < 4.78 is 9.94. The molecule has 0 atom stereocenters. The predicted octanol–water partition coefficient (Wildman–Crippen LogP) is 0.822. The van der Waals surface area contributed by atoms with Crippen LogP contribution in [0.4, 0.5) is 10.7 Å². The van der Waals surface area contributed by atoms with Gasteiger partial charge in [-0.1, -0.05) is 0 Å². The van der Waals surface area contributed by atoms with Crippen molar-refractivity contribution in [1.82, 2.24) is 14.9 Å². The molecule has 0 fully saturated rings. The summed E-state index contributed by atoms with van der Waals surface area (Å²) in [4.78, 5) is 31.6. The first-order valence-corrected chi connectivity index (χ1v) is 6.17. The van der Waals surface area contributed by atoms with E-state index < -0.39 is 12.0 Å². The lowest BCUT2D eigenvalue weighted by Gasteiger charge is -2.17. The fourth-order valence-electron chi connectivity index (χ4n) is 1.43. The summed E-state index contributed by atoms with van der Waals surface area (Å²) in [6.45, 7) is 0.305. The highest BCUT2D eigenvalue weighted by Gasteiger charge is 2.13. The molecule has 0 spiro atoms. The van der Waals surface area contributed by atoms with Crippen LogP contribution in [-0.4, -0.2) is 59.8 Å². The zero-order chi connectivity index (χ0) is 15.8. The maximum Gasteiger partial charge on any atom is 0.323 e. The molecule has 0 unspecified atom stereocenters. The van der Waals surface area contributed by atoms with E-state index in [1.54, 1.807) is 7.05 Å². The molecule has 0 bridgehead atoms. The van der Waals surface area contributed by atoms with Crippen molar-refractivity contribution in [2.24, 2.45) is 0 Å². The lowest BCUT2D eigenvalue weighted by molar-refractivity contribution is -0.137. The summed E-state index contributed by atoms with van der Waals surface area (Å²) in [5.41, 5.74) is 0. The van der Waals surface area contributed by atoms with E-state index in [1.165, 1.54) is 25.2 Å². The van der Waals surface area contributed by atoms with E-state index in [-0.39, 0.29) is 24.1 Å². The normalized spacial score (nSPS) is 9.86. The third kappa shape index (κ3) is 5.51. The van der Waals surface area contributed by atoms with Crippen molar-refractivity contribution in [1.29, 1.82) is 0 Å². The SMILES string of the molecule is COc1cc(OC)nc(NC(=O)N(C)CCCC(=O)O)n1. The third-order valence-corrected chi connectivity index (χ3v) is 2.55. The smallest absolute Gasteiger partial charge is 0.323 e. The second kappa shape index (κ2) is 7.88. The van der Waals surface area contributed by atoms with Gasteiger partial charge in [0.1, 0.15) is 0 Å². The minimum absolute atomic E-state index is 0.00109. The molecule has 1 heterocycles. The van der Waals surface area contributed by atoms with Crippen molar-refractivity contribution in [3.8, 4) is 11.8 Å². The molecule has 2 N–H and O–H groups in total. The Morgan fingerprint density at radius 2 is 1.86 bits per heavy atom. The number of anilines is 1. The van der Waals surface area contributed by atoms with Crippen LogP contribution in [0.25, 0.3) is 0 Å². The lowest BCUT2D eigenvalue weighted by Crippen LogP contribution is -2.33. The van der Waals surface area contributed by atoms with E-state index in [9.17, 15) is 9.59 Å². The van der Waals surface area contributed by atoms with Gasteiger partial charge in [-0.15, -0.1) is 0 Å². The van der Waals surface area contributed by atoms with Gasteiger partial charge >= 0.3 is 12.0 Å². The van der Waals surface area contributed by atoms with E-state index in [1.807, 2.05) is 0 Å². The van der Waals surface area contributed by atoms with Crippen LogP contribution < -0.4 is 14.8 Å². The van der Waals surface area contributed by atoms with Crippen LogP contribution >= 0.6 is 0 Å². The Morgan fingerprint density at radius 3 is 2.33 bits per heavy atom. The highest BCUT2D eigenvalue weighted by molar-refractivity contribution is 5.87. The quantitative estimate of drug-likeness (QED) is 0.766. The van der Waals surface area contributed by atoms with Gasteiger partial charge in [0.15, 0.2) is 0 Å². The van der Waals surface area contributed by atoms with Gasteiger partial charge in [0, 0.05) is 20.0 Å². The standard InChI is InChI=1S/C12H18N4O5/c1-16(6-4-5-10(17)18)12(19)15-11-13-8(20-2)7-9(14-11)21-3/h7H,4-6H2,1-3H3,(H,17,18)(H,13,14,15,19). The Hall–Kier alpha value is -2.58. The van der Waals surface area contributed by atoms with Crippen molar-refractivity contribution in [3.05, 3.63) is 6.07 Å². The highest BCUT2D eigenvalue weighted by atomic mass is 16.5. The van der Waals surface area contributed by atoms with E-state index in [4.69, 9.17) is 14.6 Å². The van der Waals surface area contributed by atoms with Gasteiger partial charge in [0.25, 0.3) is 0 Å². The number of rotatable bonds is 7. The number of carboxylic acid groups (broad SMARTS) is 1. The van der Waals surface area contributed by atoms with E-state index in [0.717, 1.165) is 0 Å². The van der Waals surface area contributed by atoms with Crippen molar-refractivity contribution in [2.45, 2.75) is 12.8 Å². The number of ether oxygens (including phenoxy) is 2. The van der Waals surface area contributed by atoms with E-state index in [0.29, 0.717) is 13.0 Å². The molecule has 0 aliphatic carbocycles. The topological polar surface area (TPSA) is 114 Å². The first kappa shape index (κ1) is 16.5. The average molecular weight is 298 g/mol. The number of carboxylic acids is 1. The summed E-state index contributed by atoms with van der Waals surface area (Å²) in [5, 5.41) is 11.0. The van der Waals surface area contributed by atoms with Crippen LogP contribution in [0.15, 0.2) is 6.07 Å². The van der Waals surface area contributed by atoms with Crippen LogP contribution in [0.1, 0.15) is 12.8 Å². The number of carbonyl (C=O) groups excluding carboxylic acids is 1. The molecule has 21 heavy (non-hydrogen) atoms. The van der Waals surface area contributed by atoms with Gasteiger partial charge in [-0.25, -0.2) is 4.79 Å². The van der Waals surface area contributed by atoms with Gasteiger partial charge in [-0.3, -0.25) is 10.1 Å². The number of carbonyl (C=O) groups is 2. The second-order valence-electron chi connectivity index (χ2n) is 4.13. The summed E-state index contributed by atoms with van der Waals surface area (Å²) in [6, 6.07) is 1.03. The van der Waals surface area contributed by atoms with Gasteiger partial charge < -0.3 is 19.5 Å². The molecule has 9 nitrogen and oxygen atoms in total. The molecule has 1 rings (SSSR count). The lowest BCUT2D eigenvalue weighted by atomic mass is 10.3. The summed E-state index contributed by atoms with van der Waals surface area (Å²) in [5.74, 6) is -0.345. The number of methoxy groups -OCH3 is 2. The van der Waals surface area contributed by atoms with Crippen molar-refractivity contribution in [2.75, 3.05) is 33.1 Å². The maximum absolute atomic E-state index is 11.9. The Balaban J connectivity index is 2.62. The Labute approximate surface area is 121 Å². The molecule has 0 aliphatic heterocycles. The van der Waals surface area contributed by atoms with Gasteiger partial charge in [-0.2, -0.15) is 9.97 Å². The van der Waals surface area contributed by atoms with Crippen molar-refractivity contribution in [3.63, 3.8) is 0 Å². The van der Waals surface area contributed by atoms with Crippen LogP contribution in [0.3, 0.4) is 0 Å². The molecule has 0 saturated carbocycles. The number of urea groups is 1. The minimum Gasteiger partial charge on any atom is -0.481 e. The summed E-state index contributed by atoms with van der Waals surface area (Å²) in [6.07, 6.45) is 0.364. The first-order chi connectivity index (χ1) is 9.96. The number of nitrogens with one attached hydrogen (secondary N) is 1. The highest BCUT2D eigenvalue weighted by Crippen LogP contribution is 2.17. The molecule has 0 aliphatic rings. The van der Waals surface area contributed by atoms with E-state index >= 15 is 0 Å². The number of aliphatic carboxylic acids is 1. The molecule has 0 radical (unpaired) electrons. The summed E-state index contributed by atoms with van der Waals surface area (Å²) >= 11 is 0. The maximum atomic E-state index is 11.9. The molecule has 9 heteroatoms. The Morgan fingerprint density at radius 1 is 1.29 bits per heavy atom. The van der Waals surface area contributed by atoms with Crippen LogP contribution in [0, 0.1) is 0 Å². The zero-order valence-electron chi connectivity index (χ0n) is 12.1. The zero-order valence-corrected chi connectivity index (χ0v) is 12.1. The molecule has 116 valence electrons. The van der Waals surface area contributed by atoms with Crippen molar-refractivity contribution >= 4 is 17.9 Å². The number of nitrogens with zero attached hydrogens (tertiary/aromatic N) is 3. The van der Waals surface area contributed by atoms with Crippen LogP contribution in [0.5, 0.6) is 11.8 Å². The predicted molar refractivity (Wildman–Crippen MR) is 73.7 cm³/mol. The molecular formula is C12H18N4O5. The number of hydrogen-bond donors (Lipinski definition) is 2. The molecular weight excluding hydrogens is 280 g/mol. The van der Waals surface area contributed by atoms with Gasteiger partial charge in [0.2, 0.25) is 17.7 Å². The van der Waals surface area contributed by atoms with Crippen LogP contribution in [-0.2, 0) is 4.79 Å². The Bertz CT molecular complexity index is 486. The third-order valence-electron chi connectivity index (χ3n) is 2.55. The largest absolute Gasteiger partial charge is 0.481 e. The molecule has 1 aromatic rings. The van der Waals surface area contributed by atoms with Crippen LogP contribution in [0.2, 0.25) is 0 Å². The molecule has 0 saturated heterocycles. The first-order valence-electron chi connectivity index (χ1n) is 6.17. The monoisotopic (exact) mass is 298 g/mol. The fraction of sp³-hybridized carbons (Fsp3) is 0.500. The van der Waals surface area contributed by atoms with Gasteiger partial charge in [0.05, 0.1) is 20.3 Å². The average Bonchev–Trinajstić information content (AvgIpc) is 2.46. The van der Waals surface area contributed by atoms with E-state index in [2.05, 4.69) is 15.3 Å². The number of hydrogen-bond acceptors (Lipinski definition) is 6. The Kier molecular flexibility index (Phi) is 6.18. The van der Waals surface area contributed by atoms with Gasteiger partial charge in [-0.05, 0) is 6.42 Å². The molecule has 0 aromatic carbocycles. The minimum atomic E-state index is -0.898. The number of aromatic nitrogens is 2. The molecule has 2 amide bonds. The van der Waals surface area contributed by atoms with Crippen molar-refractivity contribution < 1.29 is 24.2 Å². The fourth-order valence-corrected chi connectivity index (χ4v) is 1.43. The molecule has 1 aromatic heterocycles. The summed E-state index contributed by atoms with van der Waals surface area (Å²) in [7, 11) is 4.42. The second-order valence-corrected chi connectivity index (χ2v) is 4.13. The number of amides is 2.